The molecule has 1 aliphatic rings. The Kier molecular flexibility index (Phi) is 7.48. The second-order valence-electron chi connectivity index (χ2n) is 7.60. The summed E-state index contributed by atoms with van der Waals surface area (Å²) in [7, 11) is 1.89. The van der Waals surface area contributed by atoms with Gasteiger partial charge in [0.25, 0.3) is 0 Å². The lowest BCUT2D eigenvalue weighted by molar-refractivity contribution is 0.172. The van der Waals surface area contributed by atoms with Crippen LogP contribution < -0.4 is 5.32 Å². The summed E-state index contributed by atoms with van der Waals surface area (Å²) >= 11 is 0. The second kappa shape index (κ2) is 10.3. The van der Waals surface area contributed by atoms with Crippen LogP contribution in [0, 0.1) is 13.8 Å². The number of piperazine rings is 1. The molecule has 28 heavy (non-hydrogen) atoms. The fourth-order valence-corrected chi connectivity index (χ4v) is 3.77. The van der Waals surface area contributed by atoms with Crippen molar-refractivity contribution in [1.82, 2.24) is 24.7 Å². The number of nitrogens with one attached hydrogen (secondary N) is 1. The zero-order valence-electron chi connectivity index (χ0n) is 17.6. The van der Waals surface area contributed by atoms with E-state index in [2.05, 4.69) is 74.0 Å². The zero-order valence-corrected chi connectivity index (χ0v) is 17.6. The summed E-state index contributed by atoms with van der Waals surface area (Å²) in [5, 5.41) is 3.54. The first-order valence-corrected chi connectivity index (χ1v) is 10.4. The highest BCUT2D eigenvalue weighted by Crippen LogP contribution is 2.10. The molecule has 1 aromatic heterocycles. The van der Waals surface area contributed by atoms with E-state index >= 15 is 0 Å². The van der Waals surface area contributed by atoms with Gasteiger partial charge in [0.15, 0.2) is 5.96 Å². The van der Waals surface area contributed by atoms with Crippen LogP contribution in [0.1, 0.15) is 29.8 Å². The lowest BCUT2D eigenvalue weighted by Crippen LogP contribution is -2.52. The van der Waals surface area contributed by atoms with Gasteiger partial charge in [0, 0.05) is 65.3 Å². The summed E-state index contributed by atoms with van der Waals surface area (Å²) in [6.45, 7) is 11.5. The van der Waals surface area contributed by atoms with Crippen LogP contribution in [0.4, 0.5) is 0 Å². The molecule has 0 spiro atoms. The normalized spacial score (nSPS) is 15.8. The molecule has 152 valence electrons. The number of nitrogens with zero attached hydrogens (tertiary/aromatic N) is 5. The molecule has 0 bridgehead atoms. The van der Waals surface area contributed by atoms with Crippen LogP contribution in [-0.4, -0.2) is 65.1 Å². The molecule has 1 saturated heterocycles. The number of hydrogen-bond donors (Lipinski definition) is 1. The molecule has 1 N–H and O–H groups in total. The van der Waals surface area contributed by atoms with Crippen LogP contribution in [0.15, 0.2) is 41.7 Å². The van der Waals surface area contributed by atoms with E-state index in [0.29, 0.717) is 0 Å². The number of aromatic nitrogens is 2. The Balaban J connectivity index is 1.36. The predicted octanol–water partition coefficient (Wildman–Crippen LogP) is 2.67. The topological polar surface area (TPSA) is 48.7 Å². The highest BCUT2D eigenvalue weighted by molar-refractivity contribution is 5.79. The molecule has 1 fully saturated rings. The van der Waals surface area contributed by atoms with Crippen LogP contribution in [0.3, 0.4) is 0 Å². The van der Waals surface area contributed by atoms with E-state index in [0.717, 1.165) is 70.4 Å². The van der Waals surface area contributed by atoms with Crippen molar-refractivity contribution < 1.29 is 0 Å². The highest BCUT2D eigenvalue weighted by Gasteiger charge is 2.19. The number of aliphatic imine (C=N–C) groups is 1. The van der Waals surface area contributed by atoms with Gasteiger partial charge in [-0.3, -0.25) is 9.89 Å². The zero-order chi connectivity index (χ0) is 19.8. The quantitative estimate of drug-likeness (QED) is 0.454. The number of hydrogen-bond acceptors (Lipinski definition) is 3. The van der Waals surface area contributed by atoms with Crippen LogP contribution in [-0.2, 0) is 13.1 Å². The van der Waals surface area contributed by atoms with Crippen molar-refractivity contribution in [2.75, 3.05) is 39.8 Å². The maximum atomic E-state index is 4.49. The van der Waals surface area contributed by atoms with E-state index in [4.69, 9.17) is 0 Å². The van der Waals surface area contributed by atoms with Crippen LogP contribution in [0.25, 0.3) is 0 Å². The molecule has 6 heteroatoms. The largest absolute Gasteiger partial charge is 0.356 e. The minimum atomic E-state index is 0.962. The maximum absolute atomic E-state index is 4.49. The van der Waals surface area contributed by atoms with Crippen molar-refractivity contribution in [2.45, 2.75) is 39.8 Å². The number of unbranched alkanes of at least 4 members (excludes halogenated alkanes) is 1. The van der Waals surface area contributed by atoms with Gasteiger partial charge in [-0.2, -0.15) is 0 Å². The summed E-state index contributed by atoms with van der Waals surface area (Å²) in [5.41, 5.74) is 2.74. The molecule has 0 atom stereocenters. The van der Waals surface area contributed by atoms with E-state index in [1.807, 2.05) is 13.2 Å². The number of rotatable bonds is 7. The minimum absolute atomic E-state index is 0.962. The molecule has 1 aliphatic heterocycles. The van der Waals surface area contributed by atoms with Crippen molar-refractivity contribution in [2.24, 2.45) is 4.99 Å². The number of aryl methyl sites for hydroxylation is 3. The van der Waals surface area contributed by atoms with Gasteiger partial charge in [0.1, 0.15) is 5.82 Å². The molecule has 6 nitrogen and oxygen atoms in total. The monoisotopic (exact) mass is 382 g/mol. The fraction of sp³-hybridized carbons (Fsp3) is 0.545. The van der Waals surface area contributed by atoms with Gasteiger partial charge < -0.3 is 14.8 Å². The Bertz CT molecular complexity index is 758. The lowest BCUT2D eigenvalue weighted by Gasteiger charge is -2.36. The molecule has 0 saturated carbocycles. The van der Waals surface area contributed by atoms with Crippen molar-refractivity contribution in [3.63, 3.8) is 0 Å². The first-order valence-electron chi connectivity index (χ1n) is 10.4. The number of benzene rings is 1. The summed E-state index contributed by atoms with van der Waals surface area (Å²) in [5.74, 6) is 2.13. The standard InChI is InChI=1S/C22H34N6/c1-19-7-6-8-21(17-19)18-26-13-15-28(16-14-26)22(23-3)25-9-4-5-11-27-12-10-24-20(27)2/h6-8,10,12,17H,4-5,9,11,13-16,18H2,1-3H3,(H,23,25). The van der Waals surface area contributed by atoms with Crippen LogP contribution in [0.2, 0.25) is 0 Å². The van der Waals surface area contributed by atoms with Gasteiger partial charge in [-0.05, 0) is 32.3 Å². The summed E-state index contributed by atoms with van der Waals surface area (Å²) in [6.07, 6.45) is 6.20. The van der Waals surface area contributed by atoms with Gasteiger partial charge in [-0.1, -0.05) is 29.8 Å². The van der Waals surface area contributed by atoms with Gasteiger partial charge in [0.2, 0.25) is 0 Å². The second-order valence-corrected chi connectivity index (χ2v) is 7.60. The third-order valence-electron chi connectivity index (χ3n) is 5.40. The molecule has 1 aromatic carbocycles. The molecule has 0 radical (unpaired) electrons. The fourth-order valence-electron chi connectivity index (χ4n) is 3.77. The van der Waals surface area contributed by atoms with Crippen molar-refractivity contribution in [3.8, 4) is 0 Å². The Hall–Kier alpha value is -2.34. The van der Waals surface area contributed by atoms with Gasteiger partial charge in [0.05, 0.1) is 0 Å². The smallest absolute Gasteiger partial charge is 0.193 e. The average Bonchev–Trinajstić information content (AvgIpc) is 3.10. The van der Waals surface area contributed by atoms with Crippen molar-refractivity contribution in [3.05, 3.63) is 53.6 Å². The minimum Gasteiger partial charge on any atom is -0.356 e. The first-order chi connectivity index (χ1) is 13.7. The van der Waals surface area contributed by atoms with Gasteiger partial charge >= 0.3 is 0 Å². The van der Waals surface area contributed by atoms with E-state index in [9.17, 15) is 0 Å². The summed E-state index contributed by atoms with van der Waals surface area (Å²) in [6, 6.07) is 8.83. The lowest BCUT2D eigenvalue weighted by atomic mass is 10.1. The Morgan fingerprint density at radius 1 is 1.14 bits per heavy atom. The third-order valence-corrected chi connectivity index (χ3v) is 5.40. The van der Waals surface area contributed by atoms with E-state index in [-0.39, 0.29) is 0 Å². The summed E-state index contributed by atoms with van der Waals surface area (Å²) in [4.78, 5) is 13.7. The molecule has 0 amide bonds. The van der Waals surface area contributed by atoms with E-state index < -0.39 is 0 Å². The molecular formula is C22H34N6. The number of imidazole rings is 1. The molecule has 0 unspecified atom stereocenters. The third kappa shape index (κ3) is 5.83. The highest BCUT2D eigenvalue weighted by atomic mass is 15.3. The first kappa shape index (κ1) is 20.4. The molecule has 2 aromatic rings. The average molecular weight is 383 g/mol. The molecule has 0 aliphatic carbocycles. The van der Waals surface area contributed by atoms with Gasteiger partial charge in [-0.25, -0.2) is 4.98 Å². The van der Waals surface area contributed by atoms with Crippen LogP contribution in [0.5, 0.6) is 0 Å². The Morgan fingerprint density at radius 3 is 2.64 bits per heavy atom. The van der Waals surface area contributed by atoms with E-state index in [1.165, 1.54) is 11.1 Å². The predicted molar refractivity (Wildman–Crippen MR) is 116 cm³/mol. The molecule has 2 heterocycles. The van der Waals surface area contributed by atoms with E-state index in [1.54, 1.807) is 0 Å². The Morgan fingerprint density at radius 2 is 1.96 bits per heavy atom. The van der Waals surface area contributed by atoms with Crippen LogP contribution >= 0.6 is 0 Å². The molecule has 3 rings (SSSR count). The van der Waals surface area contributed by atoms with Gasteiger partial charge in [-0.15, -0.1) is 0 Å². The maximum Gasteiger partial charge on any atom is 0.193 e. The van der Waals surface area contributed by atoms with Crippen molar-refractivity contribution >= 4 is 5.96 Å². The summed E-state index contributed by atoms with van der Waals surface area (Å²) < 4.78 is 2.21. The Labute approximate surface area is 169 Å². The number of guanidine groups is 1. The van der Waals surface area contributed by atoms with Crippen molar-refractivity contribution in [1.29, 1.82) is 0 Å². The molecular weight excluding hydrogens is 348 g/mol. The SMILES string of the molecule is CN=C(NCCCCn1ccnc1C)N1CCN(Cc2cccc(C)c2)CC1.